The monoisotopic (exact) mass is 339 g/mol. The zero-order valence-electron chi connectivity index (χ0n) is 12.9. The normalized spacial score (nSPS) is 12.2. The number of hydrogen-bond acceptors (Lipinski definition) is 6. The molecule has 3 aromatic rings. The average molecular weight is 339 g/mol. The van der Waals surface area contributed by atoms with Gasteiger partial charge in [-0.25, -0.2) is 0 Å². The third-order valence-corrected chi connectivity index (χ3v) is 3.69. The van der Waals surface area contributed by atoms with E-state index in [0.717, 1.165) is 5.56 Å². The van der Waals surface area contributed by atoms with Gasteiger partial charge in [0.15, 0.2) is 17.3 Å². The molecule has 1 aromatic carbocycles. The minimum Gasteiger partial charge on any atom is -0.454 e. The fraction of sp³-hybridized carbons (Fsp3) is 0.118. The van der Waals surface area contributed by atoms with Gasteiger partial charge in [0.25, 0.3) is 5.91 Å². The number of nitrogens with zero attached hydrogens (tertiary/aromatic N) is 1. The van der Waals surface area contributed by atoms with Gasteiger partial charge in [-0.15, -0.1) is 0 Å². The van der Waals surface area contributed by atoms with Crippen molar-refractivity contribution in [2.24, 2.45) is 0 Å². The Morgan fingerprint density at radius 3 is 2.88 bits per heavy atom. The fourth-order valence-electron chi connectivity index (χ4n) is 2.41. The first kappa shape index (κ1) is 15.0. The minimum atomic E-state index is -0.316. The molecule has 2 aromatic heterocycles. The molecule has 0 fully saturated rings. The van der Waals surface area contributed by atoms with Crippen LogP contribution in [0.1, 0.15) is 16.1 Å². The molecule has 8 nitrogen and oxygen atoms in total. The molecule has 4 rings (SSSR count). The summed E-state index contributed by atoms with van der Waals surface area (Å²) in [5, 5.41) is 6.66. The molecule has 1 aliphatic rings. The maximum absolute atomic E-state index is 12.0. The molecule has 126 valence electrons. The second kappa shape index (κ2) is 6.16. The summed E-state index contributed by atoms with van der Waals surface area (Å²) in [6, 6.07) is 9.95. The van der Waals surface area contributed by atoms with E-state index in [9.17, 15) is 9.59 Å². The molecule has 1 aliphatic heterocycles. The van der Waals surface area contributed by atoms with Crippen molar-refractivity contribution in [3.8, 4) is 22.8 Å². The smallest absolute Gasteiger partial charge is 0.253 e. The van der Waals surface area contributed by atoms with Gasteiger partial charge >= 0.3 is 0 Å². The number of amides is 1. The second-order valence-corrected chi connectivity index (χ2v) is 5.37. The van der Waals surface area contributed by atoms with E-state index in [2.05, 4.69) is 15.5 Å². The van der Waals surface area contributed by atoms with Crippen molar-refractivity contribution in [2.75, 3.05) is 6.79 Å². The van der Waals surface area contributed by atoms with Crippen molar-refractivity contribution in [1.29, 1.82) is 0 Å². The van der Waals surface area contributed by atoms with Gasteiger partial charge in [-0.3, -0.25) is 9.59 Å². The molecule has 0 spiro atoms. The summed E-state index contributed by atoms with van der Waals surface area (Å²) in [6.07, 6.45) is 1.36. The number of carbonyl (C=O) groups excluding carboxylic acids is 1. The maximum Gasteiger partial charge on any atom is 0.253 e. The van der Waals surface area contributed by atoms with Gasteiger partial charge < -0.3 is 24.3 Å². The van der Waals surface area contributed by atoms with E-state index in [1.54, 1.807) is 12.1 Å². The Hall–Kier alpha value is -3.55. The van der Waals surface area contributed by atoms with Crippen LogP contribution in [-0.2, 0) is 6.54 Å². The van der Waals surface area contributed by atoms with Crippen LogP contribution in [0.4, 0.5) is 0 Å². The standard InChI is InChI=1S/C17H13N3O5/c21-16-4-2-11(7-18-16)17(22)19-8-12-6-14(25-20-12)10-1-3-13-15(5-10)24-9-23-13/h1-7H,8-9H2,(H,18,21)(H,19,22). The number of nitrogens with one attached hydrogen (secondary N) is 2. The Balaban J connectivity index is 1.44. The van der Waals surface area contributed by atoms with Gasteiger partial charge in [0.2, 0.25) is 12.4 Å². The molecule has 0 aliphatic carbocycles. The molecule has 3 heterocycles. The Labute approximate surface area is 141 Å². The number of benzene rings is 1. The zero-order chi connectivity index (χ0) is 17.2. The lowest BCUT2D eigenvalue weighted by Gasteiger charge is -2.01. The van der Waals surface area contributed by atoms with Crippen LogP contribution in [0.25, 0.3) is 11.3 Å². The average Bonchev–Trinajstić information content (AvgIpc) is 3.28. The summed E-state index contributed by atoms with van der Waals surface area (Å²) in [6.45, 7) is 0.406. The molecule has 0 atom stereocenters. The Bertz CT molecular complexity index is 971. The highest BCUT2D eigenvalue weighted by molar-refractivity contribution is 5.93. The molecule has 1 amide bonds. The van der Waals surface area contributed by atoms with E-state index in [1.807, 2.05) is 12.1 Å². The largest absolute Gasteiger partial charge is 0.454 e. The maximum atomic E-state index is 12.0. The molecule has 0 radical (unpaired) electrons. The highest BCUT2D eigenvalue weighted by atomic mass is 16.7. The SMILES string of the molecule is O=C(NCc1cc(-c2ccc3c(c2)OCO3)on1)c1ccc(=O)[nH]c1. The number of H-pyrrole nitrogens is 1. The summed E-state index contributed by atoms with van der Waals surface area (Å²) < 4.78 is 15.9. The van der Waals surface area contributed by atoms with Crippen LogP contribution in [-0.4, -0.2) is 22.8 Å². The van der Waals surface area contributed by atoms with Crippen molar-refractivity contribution in [1.82, 2.24) is 15.5 Å². The van der Waals surface area contributed by atoms with Gasteiger partial charge in [0.1, 0.15) is 5.69 Å². The Kier molecular flexibility index (Phi) is 3.70. The summed E-state index contributed by atoms with van der Waals surface area (Å²) in [5.41, 5.74) is 1.47. The van der Waals surface area contributed by atoms with E-state index in [4.69, 9.17) is 14.0 Å². The molecule has 25 heavy (non-hydrogen) atoms. The van der Waals surface area contributed by atoms with Gasteiger partial charge in [-0.1, -0.05) is 5.16 Å². The first-order valence-electron chi connectivity index (χ1n) is 7.51. The highest BCUT2D eigenvalue weighted by Crippen LogP contribution is 2.35. The predicted octanol–water partition coefficient (Wildman–Crippen LogP) is 1.69. The highest BCUT2D eigenvalue weighted by Gasteiger charge is 2.16. The number of pyridine rings is 1. The van der Waals surface area contributed by atoms with Crippen LogP contribution in [0.3, 0.4) is 0 Å². The molecule has 2 N–H and O–H groups in total. The number of aromatic amines is 1. The lowest BCUT2D eigenvalue weighted by Crippen LogP contribution is -2.23. The van der Waals surface area contributed by atoms with Crippen LogP contribution in [0.2, 0.25) is 0 Å². The molecule has 8 heteroatoms. The Morgan fingerprint density at radius 2 is 2.04 bits per heavy atom. The summed E-state index contributed by atoms with van der Waals surface area (Å²) >= 11 is 0. The van der Waals surface area contributed by atoms with E-state index in [1.165, 1.54) is 18.3 Å². The van der Waals surface area contributed by atoms with Crippen molar-refractivity contribution >= 4 is 5.91 Å². The molecule has 0 saturated heterocycles. The third kappa shape index (κ3) is 3.09. The lowest BCUT2D eigenvalue weighted by molar-refractivity contribution is 0.0949. The molecule has 0 saturated carbocycles. The van der Waals surface area contributed by atoms with E-state index in [-0.39, 0.29) is 24.8 Å². The van der Waals surface area contributed by atoms with Crippen LogP contribution < -0.4 is 20.3 Å². The van der Waals surface area contributed by atoms with E-state index < -0.39 is 0 Å². The first-order chi connectivity index (χ1) is 12.2. The summed E-state index contributed by atoms with van der Waals surface area (Å²) in [7, 11) is 0. The number of rotatable bonds is 4. The van der Waals surface area contributed by atoms with E-state index in [0.29, 0.717) is 28.5 Å². The fourth-order valence-corrected chi connectivity index (χ4v) is 2.41. The number of fused-ring (bicyclic) bond motifs is 1. The second-order valence-electron chi connectivity index (χ2n) is 5.37. The number of ether oxygens (including phenoxy) is 2. The zero-order valence-corrected chi connectivity index (χ0v) is 12.9. The molecular formula is C17H13N3O5. The Morgan fingerprint density at radius 1 is 1.16 bits per heavy atom. The minimum absolute atomic E-state index is 0.200. The van der Waals surface area contributed by atoms with Gasteiger partial charge in [-0.2, -0.15) is 0 Å². The van der Waals surface area contributed by atoms with Crippen molar-refractivity contribution in [3.05, 3.63) is 64.2 Å². The lowest BCUT2D eigenvalue weighted by atomic mass is 10.1. The summed E-state index contributed by atoms with van der Waals surface area (Å²) in [4.78, 5) is 25.5. The van der Waals surface area contributed by atoms with Crippen molar-refractivity contribution < 1.29 is 18.8 Å². The number of aromatic nitrogens is 2. The van der Waals surface area contributed by atoms with Crippen LogP contribution in [0.15, 0.2) is 51.9 Å². The van der Waals surface area contributed by atoms with Crippen LogP contribution >= 0.6 is 0 Å². The number of carbonyl (C=O) groups is 1. The molecule has 0 unspecified atom stereocenters. The molecule has 0 bridgehead atoms. The van der Waals surface area contributed by atoms with E-state index >= 15 is 0 Å². The molecular weight excluding hydrogens is 326 g/mol. The van der Waals surface area contributed by atoms with Gasteiger partial charge in [-0.05, 0) is 24.3 Å². The topological polar surface area (TPSA) is 106 Å². The third-order valence-electron chi connectivity index (χ3n) is 3.69. The van der Waals surface area contributed by atoms with Crippen molar-refractivity contribution in [2.45, 2.75) is 6.54 Å². The van der Waals surface area contributed by atoms with Gasteiger partial charge in [0.05, 0.1) is 12.1 Å². The van der Waals surface area contributed by atoms with Gasteiger partial charge in [0, 0.05) is 23.9 Å². The quantitative estimate of drug-likeness (QED) is 0.749. The predicted molar refractivity (Wildman–Crippen MR) is 86.3 cm³/mol. The van der Waals surface area contributed by atoms with Crippen LogP contribution in [0, 0.1) is 0 Å². The summed E-state index contributed by atoms with van der Waals surface area (Å²) in [5.74, 6) is 1.59. The van der Waals surface area contributed by atoms with Crippen LogP contribution in [0.5, 0.6) is 11.5 Å². The first-order valence-corrected chi connectivity index (χ1v) is 7.51. The number of hydrogen-bond donors (Lipinski definition) is 2. The van der Waals surface area contributed by atoms with Crippen molar-refractivity contribution in [3.63, 3.8) is 0 Å².